The van der Waals surface area contributed by atoms with Crippen LogP contribution in [0, 0.1) is 11.8 Å². The number of hydrogen-bond donors (Lipinski definition) is 3. The molecule has 1 aliphatic rings. The predicted molar refractivity (Wildman–Crippen MR) is 102 cm³/mol. The Morgan fingerprint density at radius 3 is 2.92 bits per heavy atom. The Labute approximate surface area is 153 Å². The number of hydrazone groups is 1. The first kappa shape index (κ1) is 19.2. The minimum Gasteiger partial charge on any atom is -0.481 e. The lowest BCUT2D eigenvalue weighted by Crippen LogP contribution is -2.46. The second-order valence-corrected chi connectivity index (χ2v) is 6.85. The monoisotopic (exact) mass is 363 g/mol. The van der Waals surface area contributed by atoms with E-state index < -0.39 is 12.6 Å². The average Bonchev–Trinajstić information content (AvgIpc) is 2.58. The Balaban J connectivity index is 1.88. The minimum absolute atomic E-state index is 0.366. The number of thiocarbonyl (C=S) groups is 1. The molecule has 0 aliphatic heterocycles. The molecule has 1 aromatic carbocycles. The third-order valence-corrected chi connectivity index (χ3v) is 4.87. The van der Waals surface area contributed by atoms with Crippen LogP contribution in [-0.4, -0.2) is 35.1 Å². The number of hydrogen-bond acceptors (Lipinski definition) is 4. The number of para-hydroxylation sites is 1. The van der Waals surface area contributed by atoms with Gasteiger partial charge in [0.25, 0.3) is 0 Å². The average molecular weight is 363 g/mol. The topological polar surface area (TPSA) is 83.0 Å². The molecule has 0 aromatic heterocycles. The molecule has 1 saturated carbocycles. The van der Waals surface area contributed by atoms with Crippen molar-refractivity contribution in [2.75, 3.05) is 6.61 Å². The van der Waals surface area contributed by atoms with Gasteiger partial charge in [0.05, 0.1) is 6.21 Å². The van der Waals surface area contributed by atoms with Gasteiger partial charge in [-0.1, -0.05) is 38.8 Å². The van der Waals surface area contributed by atoms with E-state index in [1.807, 2.05) is 6.07 Å². The van der Waals surface area contributed by atoms with Crippen LogP contribution in [0.4, 0.5) is 0 Å². The van der Waals surface area contributed by atoms with E-state index in [1.54, 1.807) is 24.4 Å². The van der Waals surface area contributed by atoms with Crippen molar-refractivity contribution >= 4 is 29.5 Å². The van der Waals surface area contributed by atoms with E-state index in [0.717, 1.165) is 6.42 Å². The zero-order valence-corrected chi connectivity index (χ0v) is 15.4. The number of nitrogens with one attached hydrogen (secondary N) is 2. The van der Waals surface area contributed by atoms with Gasteiger partial charge in [-0.25, -0.2) is 4.79 Å². The van der Waals surface area contributed by atoms with Crippen molar-refractivity contribution in [1.29, 1.82) is 0 Å². The van der Waals surface area contributed by atoms with Crippen molar-refractivity contribution in [1.82, 2.24) is 10.7 Å². The van der Waals surface area contributed by atoms with Crippen LogP contribution < -0.4 is 15.5 Å². The Hall–Kier alpha value is -2.15. The highest BCUT2D eigenvalue weighted by atomic mass is 32.1. The lowest BCUT2D eigenvalue weighted by Gasteiger charge is -2.35. The summed E-state index contributed by atoms with van der Waals surface area (Å²) < 4.78 is 5.24. The first-order chi connectivity index (χ1) is 12.0. The first-order valence-corrected chi connectivity index (χ1v) is 8.91. The summed E-state index contributed by atoms with van der Waals surface area (Å²) in [5, 5.41) is 16.7. The summed E-state index contributed by atoms with van der Waals surface area (Å²) in [7, 11) is 0. The highest BCUT2D eigenvalue weighted by Gasteiger charge is 2.27. The smallest absolute Gasteiger partial charge is 0.341 e. The number of benzene rings is 1. The van der Waals surface area contributed by atoms with Crippen molar-refractivity contribution in [2.45, 2.75) is 39.2 Å². The van der Waals surface area contributed by atoms with Crippen LogP contribution in [0.1, 0.15) is 38.7 Å². The minimum atomic E-state index is -1.02. The second kappa shape index (κ2) is 9.36. The number of nitrogens with zero attached hydrogens (tertiary/aromatic N) is 1. The Kier molecular flexibility index (Phi) is 7.18. The summed E-state index contributed by atoms with van der Waals surface area (Å²) in [5.74, 6) is 0.702. The van der Waals surface area contributed by atoms with E-state index in [9.17, 15) is 4.79 Å². The first-order valence-electron chi connectivity index (χ1n) is 8.50. The third-order valence-electron chi connectivity index (χ3n) is 4.66. The quantitative estimate of drug-likeness (QED) is 0.410. The van der Waals surface area contributed by atoms with Gasteiger partial charge in [-0.3, -0.25) is 5.43 Å². The van der Waals surface area contributed by atoms with Crippen LogP contribution in [0.25, 0.3) is 0 Å². The van der Waals surface area contributed by atoms with Crippen molar-refractivity contribution < 1.29 is 14.6 Å². The molecule has 1 aromatic rings. The van der Waals surface area contributed by atoms with Crippen LogP contribution in [0.2, 0.25) is 0 Å². The molecule has 0 unspecified atom stereocenters. The number of carbonyl (C=O) groups is 1. The SMILES string of the molecule is C[C@H]1[C@@H](NC(=S)N/N=C\c2ccccc2OCC(=O)O)CCC[C@@H]1C. The lowest BCUT2D eigenvalue weighted by atomic mass is 9.78. The standard InChI is InChI=1S/C18H25N3O3S/c1-12-6-5-8-15(13(12)2)20-18(25)21-19-10-14-7-3-4-9-16(14)24-11-17(22)23/h3-4,7,9-10,12-13,15H,5-6,8,11H2,1-2H3,(H,22,23)(H2,20,21,25)/b19-10-/t12-,13+,15-/m0/s1. The van der Waals surface area contributed by atoms with Crippen LogP contribution in [0.15, 0.2) is 29.4 Å². The molecule has 0 radical (unpaired) electrons. The fourth-order valence-corrected chi connectivity index (χ4v) is 3.21. The van der Waals surface area contributed by atoms with Gasteiger partial charge in [-0.2, -0.15) is 5.10 Å². The van der Waals surface area contributed by atoms with Gasteiger partial charge in [0.2, 0.25) is 0 Å². The molecule has 7 heteroatoms. The molecule has 136 valence electrons. The molecular formula is C18H25N3O3S. The van der Waals surface area contributed by atoms with Gasteiger partial charge >= 0.3 is 5.97 Å². The van der Waals surface area contributed by atoms with Crippen molar-refractivity contribution in [2.24, 2.45) is 16.9 Å². The highest BCUT2D eigenvalue weighted by Crippen LogP contribution is 2.29. The summed E-state index contributed by atoms with van der Waals surface area (Å²) in [6.45, 7) is 4.14. The van der Waals surface area contributed by atoms with Crippen LogP contribution in [0.5, 0.6) is 5.75 Å². The summed E-state index contributed by atoms with van der Waals surface area (Å²) in [5.41, 5.74) is 3.50. The van der Waals surface area contributed by atoms with E-state index in [4.69, 9.17) is 22.1 Å². The summed E-state index contributed by atoms with van der Waals surface area (Å²) in [4.78, 5) is 10.6. The van der Waals surface area contributed by atoms with Gasteiger partial charge in [0.15, 0.2) is 11.7 Å². The molecule has 25 heavy (non-hydrogen) atoms. The fourth-order valence-electron chi connectivity index (χ4n) is 3.00. The molecule has 0 spiro atoms. The zero-order chi connectivity index (χ0) is 18.2. The number of carboxylic acids is 1. The van der Waals surface area contributed by atoms with E-state index in [1.165, 1.54) is 12.8 Å². The van der Waals surface area contributed by atoms with E-state index in [0.29, 0.717) is 34.3 Å². The largest absolute Gasteiger partial charge is 0.481 e. The summed E-state index contributed by atoms with van der Waals surface area (Å²) in [6, 6.07) is 7.47. The van der Waals surface area contributed by atoms with Crippen molar-refractivity contribution in [3.8, 4) is 5.75 Å². The van der Waals surface area contributed by atoms with Gasteiger partial charge in [0.1, 0.15) is 5.75 Å². The fraction of sp³-hybridized carbons (Fsp3) is 0.500. The number of aliphatic carboxylic acids is 1. The molecule has 0 bridgehead atoms. The molecule has 3 N–H and O–H groups in total. The molecule has 0 amide bonds. The summed E-state index contributed by atoms with van der Waals surface area (Å²) in [6.07, 6.45) is 5.16. The Bertz CT molecular complexity index is 636. The molecular weight excluding hydrogens is 338 g/mol. The normalized spacial score (nSPS) is 23.2. The number of ether oxygens (including phenoxy) is 1. The maximum atomic E-state index is 10.6. The maximum absolute atomic E-state index is 10.6. The lowest BCUT2D eigenvalue weighted by molar-refractivity contribution is -0.139. The molecule has 1 aliphatic carbocycles. The van der Waals surface area contributed by atoms with Gasteiger partial charge < -0.3 is 15.2 Å². The maximum Gasteiger partial charge on any atom is 0.341 e. The van der Waals surface area contributed by atoms with E-state index >= 15 is 0 Å². The molecule has 2 rings (SSSR count). The number of carboxylic acid groups (broad SMARTS) is 1. The highest BCUT2D eigenvalue weighted by molar-refractivity contribution is 7.80. The zero-order valence-electron chi connectivity index (χ0n) is 14.6. The molecule has 0 saturated heterocycles. The molecule has 6 nitrogen and oxygen atoms in total. The van der Waals surface area contributed by atoms with Gasteiger partial charge in [-0.05, 0) is 42.6 Å². The second-order valence-electron chi connectivity index (χ2n) is 6.44. The molecule has 3 atom stereocenters. The van der Waals surface area contributed by atoms with E-state index in [-0.39, 0.29) is 0 Å². The Morgan fingerprint density at radius 1 is 1.40 bits per heavy atom. The Morgan fingerprint density at radius 2 is 2.16 bits per heavy atom. The van der Waals surface area contributed by atoms with Crippen LogP contribution in [-0.2, 0) is 4.79 Å². The molecule has 1 fully saturated rings. The van der Waals surface area contributed by atoms with Crippen LogP contribution in [0.3, 0.4) is 0 Å². The summed E-state index contributed by atoms with van der Waals surface area (Å²) >= 11 is 5.32. The predicted octanol–water partition coefficient (Wildman–Crippen LogP) is 2.77. The van der Waals surface area contributed by atoms with Crippen molar-refractivity contribution in [3.63, 3.8) is 0 Å². The third kappa shape index (κ3) is 6.01. The number of rotatable bonds is 6. The van der Waals surface area contributed by atoms with E-state index in [2.05, 4.69) is 29.7 Å². The van der Waals surface area contributed by atoms with Gasteiger partial charge in [0, 0.05) is 11.6 Å². The molecule has 0 heterocycles. The van der Waals surface area contributed by atoms with Crippen LogP contribution >= 0.6 is 12.2 Å². The van der Waals surface area contributed by atoms with Crippen molar-refractivity contribution in [3.05, 3.63) is 29.8 Å². The van der Waals surface area contributed by atoms with Gasteiger partial charge in [-0.15, -0.1) is 0 Å².